The number of nitrogens with one attached hydrogen (secondary N) is 1. The fraction of sp³-hybridized carbons (Fsp3) is 0.476. The summed E-state index contributed by atoms with van der Waals surface area (Å²) >= 11 is 0. The van der Waals surface area contributed by atoms with E-state index in [1.54, 1.807) is 11.0 Å². The number of nitrogens with zero attached hydrogens (tertiary/aromatic N) is 3. The van der Waals surface area contributed by atoms with Gasteiger partial charge in [-0.15, -0.1) is 0 Å². The SMILES string of the molecule is C=CC(=O)N1CC(C)(C)Oc2cc(N3CCC4(CC3)C[C@@H](CC(=O)N[C@@H](Cc3ccc(F)c(F)c3)C3CCN(S(C)(=O)=O)CC3)c3ccc(F)cc34)ccc21. The lowest BCUT2D eigenvalue weighted by Gasteiger charge is -2.43. The fourth-order valence-corrected chi connectivity index (χ4v) is 10.2. The van der Waals surface area contributed by atoms with Crippen LogP contribution in [-0.4, -0.2) is 75.2 Å². The van der Waals surface area contributed by atoms with E-state index in [0.29, 0.717) is 69.0 Å². The topological polar surface area (TPSA) is 99.3 Å². The van der Waals surface area contributed by atoms with Gasteiger partial charge in [0.1, 0.15) is 17.2 Å². The van der Waals surface area contributed by atoms with Crippen LogP contribution in [0.25, 0.3) is 0 Å². The second-order valence-electron chi connectivity index (χ2n) is 16.4. The third kappa shape index (κ3) is 8.14. The lowest BCUT2D eigenvalue weighted by Crippen LogP contribution is -2.49. The average molecular weight is 779 g/mol. The number of hydrogen-bond acceptors (Lipinski definition) is 6. The van der Waals surface area contributed by atoms with E-state index in [-0.39, 0.29) is 47.7 Å². The maximum absolute atomic E-state index is 14.9. The van der Waals surface area contributed by atoms with Crippen LogP contribution >= 0.6 is 0 Å². The van der Waals surface area contributed by atoms with Crippen molar-refractivity contribution in [3.63, 3.8) is 0 Å². The summed E-state index contributed by atoms with van der Waals surface area (Å²) in [6.45, 7) is 10.0. The van der Waals surface area contributed by atoms with Crippen LogP contribution in [0, 0.1) is 23.4 Å². The number of carbonyl (C=O) groups is 2. The highest BCUT2D eigenvalue weighted by Gasteiger charge is 2.46. The Morgan fingerprint density at radius 2 is 1.71 bits per heavy atom. The molecule has 0 bridgehead atoms. The van der Waals surface area contributed by atoms with Gasteiger partial charge in [-0.3, -0.25) is 9.59 Å². The maximum Gasteiger partial charge on any atom is 0.250 e. The summed E-state index contributed by atoms with van der Waals surface area (Å²) in [5.41, 5.74) is 3.24. The first kappa shape index (κ1) is 38.9. The molecule has 2 fully saturated rings. The highest BCUT2D eigenvalue weighted by Crippen LogP contribution is 2.53. The van der Waals surface area contributed by atoms with E-state index in [0.717, 1.165) is 41.8 Å². The van der Waals surface area contributed by atoms with E-state index in [1.165, 1.54) is 28.8 Å². The third-order valence-corrected chi connectivity index (χ3v) is 13.4. The number of anilines is 2. The lowest BCUT2D eigenvalue weighted by molar-refractivity contribution is -0.122. The zero-order chi connectivity index (χ0) is 39.3. The van der Waals surface area contributed by atoms with Gasteiger partial charge in [-0.25, -0.2) is 25.9 Å². The van der Waals surface area contributed by atoms with Crippen molar-refractivity contribution in [2.45, 2.75) is 81.8 Å². The van der Waals surface area contributed by atoms with Crippen LogP contribution in [0.2, 0.25) is 0 Å². The van der Waals surface area contributed by atoms with Crippen molar-refractivity contribution in [1.29, 1.82) is 0 Å². The van der Waals surface area contributed by atoms with E-state index in [1.807, 2.05) is 38.1 Å². The number of carbonyl (C=O) groups excluding carboxylic acids is 2. The number of ether oxygens (including phenoxy) is 1. The average Bonchev–Trinajstić information content (AvgIpc) is 3.42. The van der Waals surface area contributed by atoms with Crippen LogP contribution < -0.4 is 19.9 Å². The van der Waals surface area contributed by atoms with Gasteiger partial charge >= 0.3 is 0 Å². The zero-order valence-electron chi connectivity index (χ0n) is 31.6. The quantitative estimate of drug-likeness (QED) is 0.246. The third-order valence-electron chi connectivity index (χ3n) is 12.1. The summed E-state index contributed by atoms with van der Waals surface area (Å²) in [5.74, 6) is -2.18. The minimum absolute atomic E-state index is 0.0682. The summed E-state index contributed by atoms with van der Waals surface area (Å²) < 4.78 is 75.0. The van der Waals surface area contributed by atoms with Gasteiger partial charge in [-0.05, 0) is 129 Å². The Balaban J connectivity index is 1.06. The number of hydrogen-bond donors (Lipinski definition) is 1. The number of rotatable bonds is 9. The molecule has 0 radical (unpaired) electrons. The molecule has 2 amide bonds. The molecule has 3 aromatic carbocycles. The fourth-order valence-electron chi connectivity index (χ4n) is 9.35. The van der Waals surface area contributed by atoms with Gasteiger partial charge in [0.15, 0.2) is 11.6 Å². The number of amides is 2. The molecule has 3 aromatic rings. The second-order valence-corrected chi connectivity index (χ2v) is 18.4. The Hall–Kier alpha value is -4.36. The Kier molecular flexibility index (Phi) is 10.6. The minimum atomic E-state index is -3.36. The predicted molar refractivity (Wildman–Crippen MR) is 206 cm³/mol. The number of piperidine rings is 2. The van der Waals surface area contributed by atoms with Crippen LogP contribution in [-0.2, 0) is 31.4 Å². The molecule has 0 saturated carbocycles. The molecule has 1 spiro atoms. The Bertz CT molecular complexity index is 2090. The Morgan fingerprint density at radius 1 is 0.982 bits per heavy atom. The van der Waals surface area contributed by atoms with E-state index in [2.05, 4.69) is 16.8 Å². The number of benzene rings is 3. The van der Waals surface area contributed by atoms with Gasteiger partial charge in [0.05, 0.1) is 18.5 Å². The maximum atomic E-state index is 14.9. The van der Waals surface area contributed by atoms with Crippen LogP contribution in [0.5, 0.6) is 5.75 Å². The number of halogens is 3. The van der Waals surface area contributed by atoms with Gasteiger partial charge in [0.25, 0.3) is 5.91 Å². The summed E-state index contributed by atoms with van der Waals surface area (Å²) in [7, 11) is -3.36. The van der Waals surface area contributed by atoms with Crippen molar-refractivity contribution in [2.75, 3.05) is 48.8 Å². The van der Waals surface area contributed by atoms with E-state index < -0.39 is 33.3 Å². The molecule has 0 unspecified atom stereocenters. The van der Waals surface area contributed by atoms with E-state index in [4.69, 9.17) is 4.74 Å². The smallest absolute Gasteiger partial charge is 0.250 e. The van der Waals surface area contributed by atoms with Crippen molar-refractivity contribution >= 4 is 33.2 Å². The number of fused-ring (bicyclic) bond motifs is 3. The Morgan fingerprint density at radius 3 is 2.38 bits per heavy atom. The van der Waals surface area contributed by atoms with Crippen molar-refractivity contribution < 1.29 is 35.9 Å². The van der Waals surface area contributed by atoms with Crippen LogP contribution in [0.15, 0.2) is 67.3 Å². The van der Waals surface area contributed by atoms with Gasteiger partial charge in [-0.2, -0.15) is 0 Å². The first-order valence-electron chi connectivity index (χ1n) is 19.0. The molecule has 4 aliphatic rings. The second kappa shape index (κ2) is 14.9. The molecule has 2 saturated heterocycles. The van der Waals surface area contributed by atoms with Crippen molar-refractivity contribution in [1.82, 2.24) is 9.62 Å². The molecular formula is C42H49F3N4O5S. The monoisotopic (exact) mass is 778 g/mol. The lowest BCUT2D eigenvalue weighted by atomic mass is 9.73. The highest BCUT2D eigenvalue weighted by molar-refractivity contribution is 7.88. The first-order valence-corrected chi connectivity index (χ1v) is 20.9. The summed E-state index contributed by atoms with van der Waals surface area (Å²) in [5, 5.41) is 3.21. The van der Waals surface area contributed by atoms with E-state index in [9.17, 15) is 31.2 Å². The van der Waals surface area contributed by atoms with Crippen LogP contribution in [0.1, 0.15) is 75.0 Å². The van der Waals surface area contributed by atoms with E-state index >= 15 is 0 Å². The first-order chi connectivity index (χ1) is 26.0. The van der Waals surface area contributed by atoms with Gasteiger partial charge in [-0.1, -0.05) is 18.7 Å². The van der Waals surface area contributed by atoms with Crippen molar-refractivity contribution in [3.8, 4) is 5.75 Å². The molecule has 13 heteroatoms. The zero-order valence-corrected chi connectivity index (χ0v) is 32.4. The summed E-state index contributed by atoms with van der Waals surface area (Å²) in [6, 6.07) is 14.1. The molecule has 3 aliphatic heterocycles. The normalized spacial score (nSPS) is 21.4. The van der Waals surface area contributed by atoms with Crippen LogP contribution in [0.4, 0.5) is 24.5 Å². The standard InChI is InChI=1S/C42H49F3N4O5S/c1-5-40(51)49-26-41(2,3)54-38-24-31(8-11-37(38)49)47-18-14-42(15-19-47)25-29(32-9-7-30(43)23-33(32)42)22-39(50)46-36(21-27-6-10-34(44)35(45)20-27)28-12-16-48(17-13-28)55(4,52)53/h5-11,20,23-24,28-29,36H,1,12-19,21-22,25-26H2,2-4H3,(H,46,50)/t29-,36+/m1/s1. The summed E-state index contributed by atoms with van der Waals surface area (Å²) in [6.07, 6.45) is 6.18. The Labute approximate surface area is 321 Å². The predicted octanol–water partition coefficient (Wildman–Crippen LogP) is 6.61. The molecule has 294 valence electrons. The molecule has 0 aromatic heterocycles. The largest absolute Gasteiger partial charge is 0.484 e. The molecule has 2 atom stereocenters. The van der Waals surface area contributed by atoms with Crippen molar-refractivity contribution in [3.05, 3.63) is 101 Å². The molecule has 7 rings (SSSR count). The molecule has 9 nitrogen and oxygen atoms in total. The van der Waals surface area contributed by atoms with Gasteiger partial charge in [0, 0.05) is 50.4 Å². The number of sulfonamides is 1. The molecule has 3 heterocycles. The van der Waals surface area contributed by atoms with Crippen molar-refractivity contribution in [2.24, 2.45) is 5.92 Å². The minimum Gasteiger partial charge on any atom is -0.484 e. The van der Waals surface area contributed by atoms with Gasteiger partial charge in [0.2, 0.25) is 15.9 Å². The molecule has 1 aliphatic carbocycles. The molecule has 1 N–H and O–H groups in total. The highest BCUT2D eigenvalue weighted by atomic mass is 32.2. The molecular weight excluding hydrogens is 730 g/mol. The molecule has 55 heavy (non-hydrogen) atoms. The van der Waals surface area contributed by atoms with Crippen LogP contribution in [0.3, 0.4) is 0 Å². The summed E-state index contributed by atoms with van der Waals surface area (Å²) in [4.78, 5) is 30.6. The van der Waals surface area contributed by atoms with Gasteiger partial charge < -0.3 is 19.9 Å².